The normalized spacial score (nSPS) is 12.4. The summed E-state index contributed by atoms with van der Waals surface area (Å²) in [5.41, 5.74) is 0.433. The lowest BCUT2D eigenvalue weighted by Gasteiger charge is -2.15. The number of aromatic nitrogens is 4. The molecule has 0 saturated heterocycles. The number of imidazole rings is 1. The summed E-state index contributed by atoms with van der Waals surface area (Å²) >= 11 is 0. The van der Waals surface area contributed by atoms with Crippen molar-refractivity contribution in [2.75, 3.05) is 5.32 Å². The number of nitrogens with zero attached hydrogens (tertiary/aromatic N) is 4. The number of aryl methyl sites for hydroxylation is 1. The quantitative estimate of drug-likeness (QED) is 0.879. The molecule has 0 amide bonds. The fourth-order valence-corrected chi connectivity index (χ4v) is 1.74. The molecule has 0 aliphatic carbocycles. The van der Waals surface area contributed by atoms with Crippen LogP contribution < -0.4 is 5.32 Å². The Balaban J connectivity index is 2.05. The van der Waals surface area contributed by atoms with Crippen molar-refractivity contribution in [2.45, 2.75) is 32.9 Å². The van der Waals surface area contributed by atoms with Crippen LogP contribution in [0.2, 0.25) is 0 Å². The van der Waals surface area contributed by atoms with Crippen LogP contribution in [0, 0.1) is 5.82 Å². The molecule has 2 aromatic heterocycles. The number of rotatable bonds is 5. The second-order valence-electron chi connectivity index (χ2n) is 4.14. The number of hydrogen-bond acceptors (Lipinski definition) is 4. The molecule has 6 heteroatoms. The Labute approximate surface area is 105 Å². The Bertz CT molecular complexity index is 497. The number of anilines is 1. The van der Waals surface area contributed by atoms with E-state index >= 15 is 0 Å². The number of hydrogen-bond donors (Lipinski definition) is 1. The third-order valence-electron chi connectivity index (χ3n) is 2.62. The molecule has 0 aliphatic rings. The predicted molar refractivity (Wildman–Crippen MR) is 66.7 cm³/mol. The van der Waals surface area contributed by atoms with Gasteiger partial charge < -0.3 is 9.88 Å². The molecule has 1 unspecified atom stereocenters. The van der Waals surface area contributed by atoms with Crippen molar-refractivity contribution in [2.24, 2.45) is 0 Å². The molecule has 0 saturated carbocycles. The Morgan fingerprint density at radius 2 is 2.28 bits per heavy atom. The minimum atomic E-state index is -0.363. The van der Waals surface area contributed by atoms with Gasteiger partial charge in [-0.1, -0.05) is 6.92 Å². The highest BCUT2D eigenvalue weighted by Crippen LogP contribution is 2.14. The second kappa shape index (κ2) is 5.57. The van der Waals surface area contributed by atoms with E-state index < -0.39 is 0 Å². The van der Waals surface area contributed by atoms with Crippen molar-refractivity contribution in [1.82, 2.24) is 19.5 Å². The van der Waals surface area contributed by atoms with E-state index in [0.717, 1.165) is 0 Å². The molecule has 5 nitrogen and oxygen atoms in total. The van der Waals surface area contributed by atoms with Crippen molar-refractivity contribution in [3.05, 3.63) is 36.6 Å². The molecule has 2 rings (SSSR count). The Kier molecular flexibility index (Phi) is 3.86. The van der Waals surface area contributed by atoms with Gasteiger partial charge in [0.1, 0.15) is 6.33 Å². The summed E-state index contributed by atoms with van der Waals surface area (Å²) in [4.78, 5) is 11.8. The molecule has 1 N–H and O–H groups in total. The monoisotopic (exact) mass is 249 g/mol. The number of nitrogens with one attached hydrogen (secondary N) is 1. The van der Waals surface area contributed by atoms with Gasteiger partial charge in [-0.2, -0.15) is 0 Å². The molecule has 1 atom stereocenters. The Morgan fingerprint density at radius 1 is 1.44 bits per heavy atom. The molecule has 96 valence electrons. The lowest BCUT2D eigenvalue weighted by Crippen LogP contribution is -2.23. The van der Waals surface area contributed by atoms with Gasteiger partial charge in [0.15, 0.2) is 11.6 Å². The van der Waals surface area contributed by atoms with Gasteiger partial charge >= 0.3 is 0 Å². The maximum absolute atomic E-state index is 13.9. The highest BCUT2D eigenvalue weighted by Gasteiger charge is 2.12. The van der Waals surface area contributed by atoms with Gasteiger partial charge in [-0.25, -0.2) is 19.3 Å². The smallest absolute Gasteiger partial charge is 0.186 e. The summed E-state index contributed by atoms with van der Waals surface area (Å²) in [6.45, 7) is 4.53. The van der Waals surface area contributed by atoms with Gasteiger partial charge in [-0.05, 0) is 13.3 Å². The summed E-state index contributed by atoms with van der Waals surface area (Å²) in [6, 6.07) is 0.0494. The van der Waals surface area contributed by atoms with Crippen molar-refractivity contribution < 1.29 is 4.39 Å². The van der Waals surface area contributed by atoms with Crippen molar-refractivity contribution in [3.8, 4) is 0 Å². The van der Waals surface area contributed by atoms with Crippen LogP contribution in [-0.2, 0) is 13.0 Å². The highest BCUT2D eigenvalue weighted by atomic mass is 19.1. The van der Waals surface area contributed by atoms with E-state index in [0.29, 0.717) is 18.7 Å². The summed E-state index contributed by atoms with van der Waals surface area (Å²) in [6.07, 6.45) is 7.25. The minimum Gasteiger partial charge on any atom is -0.363 e. The maximum atomic E-state index is 13.9. The topological polar surface area (TPSA) is 55.6 Å². The summed E-state index contributed by atoms with van der Waals surface area (Å²) in [5, 5.41) is 3.05. The first-order valence-corrected chi connectivity index (χ1v) is 5.92. The maximum Gasteiger partial charge on any atom is 0.186 e. The molecule has 2 heterocycles. The zero-order valence-electron chi connectivity index (χ0n) is 10.5. The summed E-state index contributed by atoms with van der Waals surface area (Å²) in [7, 11) is 0. The van der Waals surface area contributed by atoms with Crippen LogP contribution >= 0.6 is 0 Å². The third-order valence-corrected chi connectivity index (χ3v) is 2.62. The second-order valence-corrected chi connectivity index (χ2v) is 4.14. The van der Waals surface area contributed by atoms with Crippen LogP contribution in [0.1, 0.15) is 19.5 Å². The number of halogens is 1. The molecular weight excluding hydrogens is 233 g/mol. The predicted octanol–water partition coefficient (Wildman–Crippen LogP) is 1.88. The zero-order valence-corrected chi connectivity index (χ0v) is 10.5. The molecule has 0 bridgehead atoms. The van der Waals surface area contributed by atoms with Crippen LogP contribution in [0.5, 0.6) is 0 Å². The largest absolute Gasteiger partial charge is 0.363 e. The first-order chi connectivity index (χ1) is 8.70. The van der Waals surface area contributed by atoms with Gasteiger partial charge in [0, 0.05) is 25.0 Å². The third kappa shape index (κ3) is 2.82. The van der Waals surface area contributed by atoms with E-state index in [-0.39, 0.29) is 17.7 Å². The molecule has 18 heavy (non-hydrogen) atoms. The van der Waals surface area contributed by atoms with Crippen LogP contribution in [0.4, 0.5) is 10.2 Å². The highest BCUT2D eigenvalue weighted by molar-refractivity contribution is 5.38. The standard InChI is InChI=1S/C12H16FN5/c1-3-10-11(13)12(16-7-15-10)17-9(2)6-18-5-4-14-8-18/h4-5,7-9H,3,6H2,1-2H3,(H,15,16,17). The van der Waals surface area contributed by atoms with E-state index in [9.17, 15) is 4.39 Å². The fourth-order valence-electron chi connectivity index (χ4n) is 1.74. The first kappa shape index (κ1) is 12.5. The molecule has 0 spiro atoms. The van der Waals surface area contributed by atoms with Gasteiger partial charge in [-0.15, -0.1) is 0 Å². The van der Waals surface area contributed by atoms with Gasteiger partial charge in [0.2, 0.25) is 0 Å². The summed E-state index contributed by atoms with van der Waals surface area (Å²) in [5.74, 6) is -0.105. The van der Waals surface area contributed by atoms with Crippen LogP contribution in [0.3, 0.4) is 0 Å². The Morgan fingerprint density at radius 3 is 2.94 bits per heavy atom. The lowest BCUT2D eigenvalue weighted by atomic mass is 10.3. The molecule has 2 aromatic rings. The van der Waals surface area contributed by atoms with Crippen LogP contribution in [0.25, 0.3) is 0 Å². The molecule has 0 radical (unpaired) electrons. The van der Waals surface area contributed by atoms with E-state index in [4.69, 9.17) is 0 Å². The molecular formula is C12H16FN5. The minimum absolute atomic E-state index is 0.0494. The van der Waals surface area contributed by atoms with E-state index in [1.165, 1.54) is 6.33 Å². The lowest BCUT2D eigenvalue weighted by molar-refractivity contribution is 0.578. The zero-order chi connectivity index (χ0) is 13.0. The average molecular weight is 249 g/mol. The van der Waals surface area contributed by atoms with Gasteiger partial charge in [-0.3, -0.25) is 0 Å². The van der Waals surface area contributed by atoms with E-state index in [1.807, 2.05) is 24.6 Å². The summed E-state index contributed by atoms with van der Waals surface area (Å²) < 4.78 is 15.8. The fraction of sp³-hybridized carbons (Fsp3) is 0.417. The first-order valence-electron chi connectivity index (χ1n) is 5.92. The average Bonchev–Trinajstić information content (AvgIpc) is 2.84. The van der Waals surface area contributed by atoms with Gasteiger partial charge in [0.25, 0.3) is 0 Å². The SMILES string of the molecule is CCc1ncnc(NC(C)Cn2ccnc2)c1F. The molecule has 0 aliphatic heterocycles. The van der Waals surface area contributed by atoms with Crippen molar-refractivity contribution >= 4 is 5.82 Å². The van der Waals surface area contributed by atoms with E-state index in [1.54, 1.807) is 12.5 Å². The van der Waals surface area contributed by atoms with Crippen molar-refractivity contribution in [3.63, 3.8) is 0 Å². The molecule has 0 fully saturated rings. The molecule has 0 aromatic carbocycles. The van der Waals surface area contributed by atoms with Gasteiger partial charge in [0.05, 0.1) is 12.0 Å². The van der Waals surface area contributed by atoms with E-state index in [2.05, 4.69) is 20.3 Å². The van der Waals surface area contributed by atoms with Crippen LogP contribution in [-0.4, -0.2) is 25.6 Å². The van der Waals surface area contributed by atoms with Crippen LogP contribution in [0.15, 0.2) is 25.0 Å². The van der Waals surface area contributed by atoms with Crippen molar-refractivity contribution in [1.29, 1.82) is 0 Å². The Hall–Kier alpha value is -1.98.